The predicted molar refractivity (Wildman–Crippen MR) is 118 cm³/mol. The van der Waals surface area contributed by atoms with Gasteiger partial charge in [-0.25, -0.2) is 0 Å². The zero-order valence-electron chi connectivity index (χ0n) is 16.5. The van der Waals surface area contributed by atoms with Crippen molar-refractivity contribution < 1.29 is 9.53 Å². The molecule has 26 heavy (non-hydrogen) atoms. The van der Waals surface area contributed by atoms with E-state index in [1.807, 2.05) is 13.0 Å². The van der Waals surface area contributed by atoms with Gasteiger partial charge in [0.15, 0.2) is 5.96 Å². The lowest BCUT2D eigenvalue weighted by Crippen LogP contribution is -2.45. The van der Waals surface area contributed by atoms with Gasteiger partial charge in [-0.2, -0.15) is 0 Å². The predicted octanol–water partition coefficient (Wildman–Crippen LogP) is 2.66. The van der Waals surface area contributed by atoms with Crippen LogP contribution in [0, 0.1) is 5.92 Å². The van der Waals surface area contributed by atoms with Crippen molar-refractivity contribution >= 4 is 35.9 Å². The van der Waals surface area contributed by atoms with Crippen molar-refractivity contribution in [2.75, 3.05) is 40.3 Å². The smallest absolute Gasteiger partial charge is 0.310 e. The number of carbonyl (C=O) groups excluding carboxylic acids is 1. The van der Waals surface area contributed by atoms with E-state index in [1.54, 1.807) is 7.05 Å². The number of aliphatic imine (C=N–C) groups is 1. The summed E-state index contributed by atoms with van der Waals surface area (Å²) in [5.41, 5.74) is 1.28. The van der Waals surface area contributed by atoms with Gasteiger partial charge in [0, 0.05) is 20.1 Å². The Hall–Kier alpha value is -1.35. The Bertz CT molecular complexity index is 536. The summed E-state index contributed by atoms with van der Waals surface area (Å²) < 4.78 is 4.75. The maximum atomic E-state index is 11.5. The van der Waals surface area contributed by atoms with Gasteiger partial charge in [-0.15, -0.1) is 24.0 Å². The van der Waals surface area contributed by atoms with E-state index < -0.39 is 0 Å². The van der Waals surface area contributed by atoms with E-state index >= 15 is 0 Å². The fourth-order valence-electron chi connectivity index (χ4n) is 2.75. The lowest BCUT2D eigenvalue weighted by Gasteiger charge is -2.31. The van der Waals surface area contributed by atoms with E-state index in [1.165, 1.54) is 12.7 Å². The zero-order valence-corrected chi connectivity index (χ0v) is 18.8. The number of halogens is 1. The Morgan fingerprint density at radius 1 is 1.15 bits per heavy atom. The quantitative estimate of drug-likeness (QED) is 0.248. The van der Waals surface area contributed by atoms with Gasteiger partial charge in [0.2, 0.25) is 0 Å². The summed E-state index contributed by atoms with van der Waals surface area (Å²) in [6.45, 7) is 9.34. The van der Waals surface area contributed by atoms with E-state index in [2.05, 4.69) is 58.6 Å². The molecule has 6 nitrogen and oxygen atoms in total. The van der Waals surface area contributed by atoms with Gasteiger partial charge in [-0.3, -0.25) is 14.7 Å². The number of carbonyl (C=O) groups is 1. The number of benzene rings is 1. The number of rotatable bonds is 9. The topological polar surface area (TPSA) is 66.0 Å². The first-order valence-electron chi connectivity index (χ1n) is 8.88. The van der Waals surface area contributed by atoms with Gasteiger partial charge in [0.25, 0.3) is 0 Å². The molecule has 0 amide bonds. The summed E-state index contributed by atoms with van der Waals surface area (Å²) in [7, 11) is 3.13. The molecular formula is C19H33IN4O2. The molecule has 0 heterocycles. The summed E-state index contributed by atoms with van der Waals surface area (Å²) in [6.07, 6.45) is 0. The van der Waals surface area contributed by atoms with Crippen LogP contribution in [-0.4, -0.2) is 57.2 Å². The van der Waals surface area contributed by atoms with Gasteiger partial charge >= 0.3 is 5.97 Å². The molecule has 2 unspecified atom stereocenters. The molecule has 0 fully saturated rings. The van der Waals surface area contributed by atoms with Crippen LogP contribution < -0.4 is 10.6 Å². The number of methoxy groups -OCH3 is 1. The number of hydrogen-bond acceptors (Lipinski definition) is 4. The Morgan fingerprint density at radius 2 is 1.73 bits per heavy atom. The molecule has 0 aliphatic rings. The molecule has 2 N–H and O–H groups in total. The Morgan fingerprint density at radius 3 is 2.23 bits per heavy atom. The van der Waals surface area contributed by atoms with Crippen LogP contribution in [-0.2, 0) is 9.53 Å². The first kappa shape index (κ1) is 24.7. The van der Waals surface area contributed by atoms with Crippen molar-refractivity contribution in [2.45, 2.75) is 26.8 Å². The number of nitrogens with one attached hydrogen (secondary N) is 2. The van der Waals surface area contributed by atoms with Crippen molar-refractivity contribution in [1.82, 2.24) is 15.5 Å². The standard InChI is InChI=1S/C19H32N4O2.HI/c1-6-23(7-2)17(16-11-9-8-10-12-16)14-22-19(20-4)21-13-15(3)18(24)25-5;/h8-12,15,17H,6-7,13-14H2,1-5H3,(H2,20,21,22);1H. The minimum Gasteiger partial charge on any atom is -0.469 e. The second kappa shape index (κ2) is 13.8. The van der Waals surface area contributed by atoms with Gasteiger partial charge < -0.3 is 15.4 Å². The second-order valence-electron chi connectivity index (χ2n) is 5.91. The molecule has 2 atom stereocenters. The number of guanidine groups is 1. The second-order valence-corrected chi connectivity index (χ2v) is 5.91. The van der Waals surface area contributed by atoms with Gasteiger partial charge in [0.1, 0.15) is 0 Å². The van der Waals surface area contributed by atoms with Gasteiger partial charge in [-0.05, 0) is 18.7 Å². The van der Waals surface area contributed by atoms with E-state index in [4.69, 9.17) is 4.74 Å². The molecule has 0 saturated heterocycles. The van der Waals surface area contributed by atoms with Crippen LogP contribution in [0.4, 0.5) is 0 Å². The van der Waals surface area contributed by atoms with Crippen LogP contribution in [0.1, 0.15) is 32.4 Å². The molecular weight excluding hydrogens is 443 g/mol. The average Bonchev–Trinajstić information content (AvgIpc) is 2.66. The highest BCUT2D eigenvalue weighted by atomic mass is 127. The fourth-order valence-corrected chi connectivity index (χ4v) is 2.75. The molecule has 7 heteroatoms. The summed E-state index contributed by atoms with van der Waals surface area (Å²) in [5, 5.41) is 6.56. The summed E-state index contributed by atoms with van der Waals surface area (Å²) >= 11 is 0. The van der Waals surface area contributed by atoms with Gasteiger partial charge in [-0.1, -0.05) is 51.1 Å². The fraction of sp³-hybridized carbons (Fsp3) is 0.579. The minimum absolute atomic E-state index is 0. The van der Waals surface area contributed by atoms with Crippen LogP contribution in [0.25, 0.3) is 0 Å². The molecule has 1 aromatic rings. The lowest BCUT2D eigenvalue weighted by molar-refractivity contribution is -0.144. The highest BCUT2D eigenvalue weighted by Crippen LogP contribution is 2.19. The van der Waals surface area contributed by atoms with Crippen LogP contribution in [0.5, 0.6) is 0 Å². The highest BCUT2D eigenvalue weighted by Gasteiger charge is 2.19. The molecule has 148 valence electrons. The molecule has 0 bridgehead atoms. The number of nitrogens with zero attached hydrogens (tertiary/aromatic N) is 2. The number of likely N-dealkylation sites (N-methyl/N-ethyl adjacent to an activating group) is 1. The third-order valence-corrected chi connectivity index (χ3v) is 4.30. The van der Waals surface area contributed by atoms with Crippen LogP contribution in [0.15, 0.2) is 35.3 Å². The van der Waals surface area contributed by atoms with Crippen LogP contribution >= 0.6 is 24.0 Å². The van der Waals surface area contributed by atoms with E-state index in [-0.39, 0.29) is 41.9 Å². The summed E-state index contributed by atoms with van der Waals surface area (Å²) in [6, 6.07) is 10.7. The normalized spacial score (nSPS) is 13.5. The zero-order chi connectivity index (χ0) is 18.7. The van der Waals surface area contributed by atoms with E-state index in [0.29, 0.717) is 12.5 Å². The first-order chi connectivity index (χ1) is 12.1. The average molecular weight is 476 g/mol. The van der Waals surface area contributed by atoms with E-state index in [0.717, 1.165) is 19.6 Å². The first-order valence-corrected chi connectivity index (χ1v) is 8.88. The monoisotopic (exact) mass is 476 g/mol. The molecule has 1 rings (SSSR count). The Balaban J connectivity index is 0.00000625. The third-order valence-electron chi connectivity index (χ3n) is 4.30. The largest absolute Gasteiger partial charge is 0.469 e. The molecule has 0 aliphatic carbocycles. The van der Waals surface area contributed by atoms with Gasteiger partial charge in [0.05, 0.1) is 19.1 Å². The van der Waals surface area contributed by atoms with Crippen molar-refractivity contribution in [3.63, 3.8) is 0 Å². The Labute approximate surface area is 174 Å². The lowest BCUT2D eigenvalue weighted by atomic mass is 10.1. The van der Waals surface area contributed by atoms with Crippen LogP contribution in [0.3, 0.4) is 0 Å². The van der Waals surface area contributed by atoms with Crippen LogP contribution in [0.2, 0.25) is 0 Å². The maximum absolute atomic E-state index is 11.5. The van der Waals surface area contributed by atoms with Crippen molar-refractivity contribution in [3.05, 3.63) is 35.9 Å². The van der Waals surface area contributed by atoms with Crippen molar-refractivity contribution in [3.8, 4) is 0 Å². The molecule has 0 aliphatic heterocycles. The number of esters is 1. The molecule has 1 aromatic carbocycles. The summed E-state index contributed by atoms with van der Waals surface area (Å²) in [4.78, 5) is 18.2. The molecule has 0 radical (unpaired) electrons. The third kappa shape index (κ3) is 7.90. The van der Waals surface area contributed by atoms with Crippen molar-refractivity contribution in [2.24, 2.45) is 10.9 Å². The summed E-state index contributed by atoms with van der Waals surface area (Å²) in [5.74, 6) is 0.230. The Kier molecular flexibility index (Phi) is 13.1. The van der Waals surface area contributed by atoms with Crippen molar-refractivity contribution in [1.29, 1.82) is 0 Å². The SMILES string of the molecule is CCN(CC)C(CNC(=NC)NCC(C)C(=O)OC)c1ccccc1.I. The van der Waals surface area contributed by atoms with E-state index in [9.17, 15) is 4.79 Å². The molecule has 0 saturated carbocycles. The highest BCUT2D eigenvalue weighted by molar-refractivity contribution is 14.0. The molecule has 0 aromatic heterocycles. The maximum Gasteiger partial charge on any atom is 0.310 e. The number of ether oxygens (including phenoxy) is 1. The molecule has 0 spiro atoms. The number of hydrogen-bond donors (Lipinski definition) is 2. The minimum atomic E-state index is -0.228.